The average molecular weight is 193 g/mol. The number of ketones is 1. The highest BCUT2D eigenvalue weighted by Gasteiger charge is 2.14. The monoisotopic (exact) mass is 193 g/mol. The summed E-state index contributed by atoms with van der Waals surface area (Å²) in [7, 11) is 0. The van der Waals surface area contributed by atoms with E-state index in [0.717, 1.165) is 0 Å². The molecule has 0 aliphatic heterocycles. The lowest BCUT2D eigenvalue weighted by atomic mass is 10.1. The number of nitrogens with zero attached hydrogens (tertiary/aromatic N) is 1. The maximum Gasteiger partial charge on any atom is 0.374 e. The predicted octanol–water partition coefficient (Wildman–Crippen LogP) is 0.756. The molecule has 0 aliphatic rings. The van der Waals surface area contributed by atoms with E-state index >= 15 is 0 Å². The molecule has 1 aromatic heterocycles. The third-order valence-corrected chi connectivity index (χ3v) is 1.59. The Bertz CT molecular complexity index is 321. The number of Topliss-reactive ketones (excluding diaryl/α,β-unsaturated/α-hetero) is 1. The lowest BCUT2D eigenvalue weighted by Gasteiger charge is -2.00. The van der Waals surface area contributed by atoms with Crippen LogP contribution in [0.15, 0.2) is 24.5 Å². The normalized spacial score (nSPS) is 9.50. The van der Waals surface area contributed by atoms with Crippen molar-refractivity contribution in [2.75, 3.05) is 6.61 Å². The number of rotatable bonds is 4. The summed E-state index contributed by atoms with van der Waals surface area (Å²) in [6, 6.07) is 3.46. The van der Waals surface area contributed by atoms with Gasteiger partial charge in [0.25, 0.3) is 0 Å². The lowest BCUT2D eigenvalue weighted by molar-refractivity contribution is -0.153. The number of ether oxygens (including phenoxy) is 1. The van der Waals surface area contributed by atoms with Gasteiger partial charge in [-0.05, 0) is 18.6 Å². The zero-order valence-corrected chi connectivity index (χ0v) is 7.90. The quantitative estimate of drug-likeness (QED) is 0.523. The Morgan fingerprint density at radius 2 is 2.29 bits per heavy atom. The van der Waals surface area contributed by atoms with E-state index in [0.29, 0.717) is 5.56 Å². The first-order valence-corrected chi connectivity index (χ1v) is 4.33. The highest BCUT2D eigenvalue weighted by Crippen LogP contribution is 1.98. The zero-order chi connectivity index (χ0) is 10.4. The largest absolute Gasteiger partial charge is 0.460 e. The van der Waals surface area contributed by atoms with Crippen LogP contribution in [0.1, 0.15) is 12.5 Å². The van der Waals surface area contributed by atoms with Gasteiger partial charge in [-0.1, -0.05) is 6.07 Å². The number of aromatic nitrogens is 1. The molecule has 0 bridgehead atoms. The summed E-state index contributed by atoms with van der Waals surface area (Å²) in [6.07, 6.45) is 3.21. The first-order valence-electron chi connectivity index (χ1n) is 4.33. The Balaban J connectivity index is 2.53. The standard InChI is InChI=1S/C10H11NO3/c1-2-14-10(13)9(12)6-8-4-3-5-11-7-8/h3-5,7H,2,6H2,1H3. The van der Waals surface area contributed by atoms with Gasteiger partial charge in [0.1, 0.15) is 0 Å². The molecule has 0 aromatic carbocycles. The van der Waals surface area contributed by atoms with E-state index in [2.05, 4.69) is 9.72 Å². The number of carbonyl (C=O) groups is 2. The van der Waals surface area contributed by atoms with Crippen LogP contribution in [0.4, 0.5) is 0 Å². The van der Waals surface area contributed by atoms with Crippen molar-refractivity contribution in [1.82, 2.24) is 4.98 Å². The lowest BCUT2D eigenvalue weighted by Crippen LogP contribution is -2.19. The average Bonchev–Trinajstić information content (AvgIpc) is 2.19. The van der Waals surface area contributed by atoms with Crippen LogP contribution in [0.2, 0.25) is 0 Å². The molecule has 0 spiro atoms. The molecular formula is C10H11NO3. The molecule has 4 nitrogen and oxygen atoms in total. The van der Waals surface area contributed by atoms with E-state index in [1.807, 2.05) is 0 Å². The summed E-state index contributed by atoms with van der Waals surface area (Å²) in [5.74, 6) is -1.32. The van der Waals surface area contributed by atoms with Gasteiger partial charge < -0.3 is 4.74 Å². The first kappa shape index (κ1) is 10.4. The summed E-state index contributed by atoms with van der Waals surface area (Å²) in [4.78, 5) is 26.0. The number of carbonyl (C=O) groups excluding carboxylic acids is 2. The second-order valence-corrected chi connectivity index (χ2v) is 2.68. The van der Waals surface area contributed by atoms with Gasteiger partial charge >= 0.3 is 5.97 Å². The van der Waals surface area contributed by atoms with E-state index < -0.39 is 11.8 Å². The van der Waals surface area contributed by atoms with Crippen molar-refractivity contribution in [3.63, 3.8) is 0 Å². The van der Waals surface area contributed by atoms with Crippen LogP contribution in [-0.4, -0.2) is 23.3 Å². The van der Waals surface area contributed by atoms with Gasteiger partial charge in [0.2, 0.25) is 5.78 Å². The van der Waals surface area contributed by atoms with Crippen LogP contribution >= 0.6 is 0 Å². The van der Waals surface area contributed by atoms with E-state index in [4.69, 9.17) is 0 Å². The summed E-state index contributed by atoms with van der Waals surface area (Å²) < 4.78 is 4.57. The van der Waals surface area contributed by atoms with Gasteiger partial charge in [-0.15, -0.1) is 0 Å². The van der Waals surface area contributed by atoms with E-state index in [-0.39, 0.29) is 13.0 Å². The fourth-order valence-electron chi connectivity index (χ4n) is 0.972. The van der Waals surface area contributed by atoms with Gasteiger partial charge in [-0.25, -0.2) is 4.79 Å². The molecule has 0 N–H and O–H groups in total. The van der Waals surface area contributed by atoms with Gasteiger partial charge in [0.05, 0.1) is 6.61 Å². The first-order chi connectivity index (χ1) is 6.74. The Morgan fingerprint density at radius 3 is 2.86 bits per heavy atom. The van der Waals surface area contributed by atoms with Gasteiger partial charge in [0.15, 0.2) is 0 Å². The van der Waals surface area contributed by atoms with Crippen LogP contribution in [0.25, 0.3) is 0 Å². The van der Waals surface area contributed by atoms with Crippen LogP contribution < -0.4 is 0 Å². The van der Waals surface area contributed by atoms with E-state index in [1.54, 1.807) is 31.5 Å². The molecule has 0 saturated carbocycles. The van der Waals surface area contributed by atoms with Crippen molar-refractivity contribution in [3.05, 3.63) is 30.1 Å². The van der Waals surface area contributed by atoms with Gasteiger partial charge in [-0.2, -0.15) is 0 Å². The Morgan fingerprint density at radius 1 is 1.50 bits per heavy atom. The minimum atomic E-state index is -0.781. The molecule has 0 fully saturated rings. The number of esters is 1. The molecule has 14 heavy (non-hydrogen) atoms. The molecule has 0 atom stereocenters. The van der Waals surface area contributed by atoms with Crippen molar-refractivity contribution in [2.24, 2.45) is 0 Å². The minimum absolute atomic E-state index is 0.0483. The Kier molecular flexibility index (Phi) is 3.79. The van der Waals surface area contributed by atoms with Crippen molar-refractivity contribution >= 4 is 11.8 Å². The van der Waals surface area contributed by atoms with Crippen LogP contribution in [0.3, 0.4) is 0 Å². The second kappa shape index (κ2) is 5.11. The summed E-state index contributed by atoms with van der Waals surface area (Å²) in [6.45, 7) is 1.88. The van der Waals surface area contributed by atoms with Crippen molar-refractivity contribution in [2.45, 2.75) is 13.3 Å². The maximum atomic E-state index is 11.2. The topological polar surface area (TPSA) is 56.3 Å². The Hall–Kier alpha value is -1.71. The smallest absolute Gasteiger partial charge is 0.374 e. The van der Waals surface area contributed by atoms with Crippen molar-refractivity contribution < 1.29 is 14.3 Å². The summed E-state index contributed by atoms with van der Waals surface area (Å²) in [5.41, 5.74) is 0.713. The molecule has 0 aliphatic carbocycles. The highest BCUT2D eigenvalue weighted by atomic mass is 16.5. The maximum absolute atomic E-state index is 11.2. The predicted molar refractivity (Wildman–Crippen MR) is 49.6 cm³/mol. The summed E-state index contributed by atoms with van der Waals surface area (Å²) >= 11 is 0. The zero-order valence-electron chi connectivity index (χ0n) is 7.90. The third kappa shape index (κ3) is 2.97. The molecule has 0 saturated heterocycles. The molecule has 0 amide bonds. The van der Waals surface area contributed by atoms with Crippen molar-refractivity contribution in [3.8, 4) is 0 Å². The number of pyridine rings is 1. The molecule has 4 heteroatoms. The molecule has 0 radical (unpaired) electrons. The highest BCUT2D eigenvalue weighted by molar-refractivity contribution is 6.34. The fourth-order valence-corrected chi connectivity index (χ4v) is 0.972. The number of hydrogen-bond donors (Lipinski definition) is 0. The summed E-state index contributed by atoms with van der Waals surface area (Å²) in [5, 5.41) is 0. The minimum Gasteiger partial charge on any atom is -0.460 e. The van der Waals surface area contributed by atoms with Crippen LogP contribution in [0, 0.1) is 0 Å². The SMILES string of the molecule is CCOC(=O)C(=O)Cc1cccnc1. The van der Waals surface area contributed by atoms with Gasteiger partial charge in [0, 0.05) is 18.8 Å². The van der Waals surface area contributed by atoms with E-state index in [9.17, 15) is 9.59 Å². The van der Waals surface area contributed by atoms with Crippen LogP contribution in [0.5, 0.6) is 0 Å². The third-order valence-electron chi connectivity index (χ3n) is 1.59. The Labute approximate surface area is 81.9 Å². The van der Waals surface area contributed by atoms with Gasteiger partial charge in [-0.3, -0.25) is 9.78 Å². The number of hydrogen-bond acceptors (Lipinski definition) is 4. The van der Waals surface area contributed by atoms with E-state index in [1.165, 1.54) is 0 Å². The van der Waals surface area contributed by atoms with Crippen LogP contribution in [-0.2, 0) is 20.7 Å². The molecule has 1 rings (SSSR count). The van der Waals surface area contributed by atoms with Crippen molar-refractivity contribution in [1.29, 1.82) is 0 Å². The molecule has 1 aromatic rings. The molecular weight excluding hydrogens is 182 g/mol. The second-order valence-electron chi connectivity index (χ2n) is 2.68. The fraction of sp³-hybridized carbons (Fsp3) is 0.300. The molecule has 0 unspecified atom stereocenters. The molecule has 74 valence electrons. The molecule has 1 heterocycles.